The molecule has 1 aromatic rings. The predicted octanol–water partition coefficient (Wildman–Crippen LogP) is -2.99. The third-order valence-electron chi connectivity index (χ3n) is 8.68. The van der Waals surface area contributed by atoms with Crippen molar-refractivity contribution in [2.75, 3.05) is 39.8 Å². The molecule has 54 heavy (non-hydrogen) atoms. The van der Waals surface area contributed by atoms with Gasteiger partial charge in [-0.05, 0) is 64.1 Å². The number of phenolic OH excluding ortho intramolecular Hbond substituents is 1. The van der Waals surface area contributed by atoms with Crippen molar-refractivity contribution in [1.29, 1.82) is 0 Å². The Hall–Kier alpha value is -5.38. The molecule has 2 heterocycles. The molecule has 0 aliphatic carbocycles. The van der Waals surface area contributed by atoms with Gasteiger partial charge in [-0.2, -0.15) is 0 Å². The highest BCUT2D eigenvalue weighted by Gasteiger charge is 2.39. The minimum absolute atomic E-state index is 0.00148. The van der Waals surface area contributed by atoms with E-state index in [1.807, 2.05) is 5.48 Å². The van der Waals surface area contributed by atoms with Crippen molar-refractivity contribution in [2.45, 2.75) is 81.8 Å². The molecule has 10 N–H and O–H groups in total. The van der Waals surface area contributed by atoms with Gasteiger partial charge in [0.2, 0.25) is 41.8 Å². The lowest BCUT2D eigenvalue weighted by Gasteiger charge is -2.33. The van der Waals surface area contributed by atoms with Crippen LogP contribution in [-0.4, -0.2) is 149 Å². The number of aromatic hydroxyl groups is 1. The van der Waals surface area contributed by atoms with Gasteiger partial charge < -0.3 is 51.7 Å². The number of aliphatic imine (C=N–C) groups is 1. The minimum Gasteiger partial charge on any atom is -0.507 e. The van der Waals surface area contributed by atoms with Crippen LogP contribution in [-0.2, 0) is 43.0 Å². The summed E-state index contributed by atoms with van der Waals surface area (Å²) in [5.41, 5.74) is 7.91. The summed E-state index contributed by atoms with van der Waals surface area (Å²) in [7, 11) is 1.29. The van der Waals surface area contributed by atoms with Gasteiger partial charge >= 0.3 is 5.97 Å². The van der Waals surface area contributed by atoms with Crippen LogP contribution >= 0.6 is 0 Å². The Balaban J connectivity index is 1.86. The molecule has 2 aliphatic rings. The van der Waals surface area contributed by atoms with Crippen LogP contribution in [0.25, 0.3) is 0 Å². The number of carbonyl (C=O) groups excluding carboxylic acids is 7. The number of phenols is 1. The van der Waals surface area contributed by atoms with Crippen LogP contribution in [0.4, 0.5) is 0 Å². The first-order chi connectivity index (χ1) is 25.8. The summed E-state index contributed by atoms with van der Waals surface area (Å²) in [6.45, 7) is 0.533. The second-order valence-electron chi connectivity index (χ2n) is 12.7. The quantitative estimate of drug-likeness (QED) is 0.0251. The van der Waals surface area contributed by atoms with E-state index in [9.17, 15) is 43.9 Å². The van der Waals surface area contributed by atoms with Crippen LogP contribution in [0.1, 0.15) is 51.0 Å². The Morgan fingerprint density at radius 2 is 1.78 bits per heavy atom. The van der Waals surface area contributed by atoms with Crippen LogP contribution in [0, 0.1) is 0 Å². The van der Waals surface area contributed by atoms with Crippen LogP contribution < -0.4 is 32.5 Å². The van der Waals surface area contributed by atoms with Crippen molar-refractivity contribution in [1.82, 2.24) is 36.7 Å². The molecule has 1 fully saturated rings. The van der Waals surface area contributed by atoms with E-state index in [4.69, 9.17) is 20.4 Å². The molecule has 0 saturated carbocycles. The number of cyclic esters (lactones) is 1. The molecule has 0 radical (unpaired) electrons. The van der Waals surface area contributed by atoms with Gasteiger partial charge in [0, 0.05) is 20.1 Å². The molecule has 21 heteroatoms. The lowest BCUT2D eigenvalue weighted by molar-refractivity contribution is -0.158. The SMILES string of the molecule is C[C@H]1OC(=O)[C@H](CCCN(O)C=O)NC(=O)[C@H](CCCN)NC(=O)C(CCCNO)N(C)C(=O)[C@@H]1NC(=O)CNC(=O)[C@H]1COC(c2ccccc2O)=N1. The number of esters is 1. The number of rotatable bonds is 17. The second-order valence-corrected chi connectivity index (χ2v) is 12.7. The standard InChI is InChI=1S/C33H49N9O12/c1-19-27(40-26(45)16-35-28(46)23-17-53-31(39-23)20-8-3-4-12-25(20)44)32(49)41(2)24(11-6-14-36-51)30(48)37-21(9-5-13-34)29(47)38-22(33(50)54-19)10-7-15-42(52)18-43/h3-4,8,12,18-19,21-24,27,36,44,51-52H,5-7,9-11,13-17,34H2,1-2H3,(H,35,46)(H,37,48)(H,38,47)(H,40,45)/t19-,21+,22+,23-,24?,27-/m1/s1. The number of likely N-dealkylation sites (N-methyl/N-ethyl adjacent to an activating group) is 1. The largest absolute Gasteiger partial charge is 0.507 e. The van der Waals surface area contributed by atoms with E-state index in [2.05, 4.69) is 26.3 Å². The number of nitrogens with zero attached hydrogens (tertiary/aromatic N) is 3. The van der Waals surface area contributed by atoms with Gasteiger partial charge in [-0.25, -0.2) is 20.3 Å². The number of hydrogen-bond acceptors (Lipinski definition) is 15. The highest BCUT2D eigenvalue weighted by molar-refractivity contribution is 6.01. The molecule has 3 rings (SSSR count). The van der Waals surface area contributed by atoms with Crippen molar-refractivity contribution in [3.63, 3.8) is 0 Å². The fraction of sp³-hybridized carbons (Fsp3) is 0.576. The fourth-order valence-electron chi connectivity index (χ4n) is 5.67. The van der Waals surface area contributed by atoms with Gasteiger partial charge in [0.25, 0.3) is 0 Å². The molecule has 0 bridgehead atoms. The van der Waals surface area contributed by atoms with E-state index in [1.54, 1.807) is 18.2 Å². The van der Waals surface area contributed by atoms with Gasteiger partial charge in [0.1, 0.15) is 42.6 Å². The summed E-state index contributed by atoms with van der Waals surface area (Å²) in [5.74, 6) is -4.99. The zero-order valence-corrected chi connectivity index (χ0v) is 30.1. The van der Waals surface area contributed by atoms with Crippen molar-refractivity contribution in [3.05, 3.63) is 29.8 Å². The number of amides is 6. The van der Waals surface area contributed by atoms with Gasteiger partial charge in [0.15, 0.2) is 6.04 Å². The summed E-state index contributed by atoms with van der Waals surface area (Å²) in [6.07, 6.45) is -0.771. The minimum atomic E-state index is -1.61. The highest BCUT2D eigenvalue weighted by Crippen LogP contribution is 2.21. The molecule has 298 valence electrons. The summed E-state index contributed by atoms with van der Waals surface area (Å²) in [5, 5.41) is 39.2. The van der Waals surface area contributed by atoms with E-state index in [0.29, 0.717) is 11.5 Å². The molecule has 0 aromatic heterocycles. The Labute approximate surface area is 310 Å². The first-order valence-corrected chi connectivity index (χ1v) is 17.4. The van der Waals surface area contributed by atoms with Crippen LogP contribution in [0.3, 0.4) is 0 Å². The lowest BCUT2D eigenvalue weighted by Crippen LogP contribution is -2.60. The summed E-state index contributed by atoms with van der Waals surface area (Å²) in [4.78, 5) is 97.0. The maximum Gasteiger partial charge on any atom is 0.328 e. The molecule has 0 spiro atoms. The number of nitrogens with two attached hydrogens (primary N) is 1. The Bertz CT molecular complexity index is 1530. The molecule has 1 aromatic carbocycles. The second kappa shape index (κ2) is 21.4. The average Bonchev–Trinajstić information content (AvgIpc) is 3.65. The number of carbonyl (C=O) groups is 7. The van der Waals surface area contributed by atoms with Crippen molar-refractivity contribution in [2.24, 2.45) is 10.7 Å². The van der Waals surface area contributed by atoms with Gasteiger partial charge in [-0.1, -0.05) is 12.1 Å². The predicted molar refractivity (Wildman–Crippen MR) is 186 cm³/mol. The van der Waals surface area contributed by atoms with E-state index in [-0.39, 0.29) is 82.0 Å². The first-order valence-electron chi connectivity index (χ1n) is 17.4. The molecule has 2 aliphatic heterocycles. The lowest BCUT2D eigenvalue weighted by atomic mass is 10.0. The van der Waals surface area contributed by atoms with Gasteiger partial charge in [-0.15, -0.1) is 0 Å². The molecule has 6 atom stereocenters. The van der Waals surface area contributed by atoms with Crippen LogP contribution in [0.15, 0.2) is 29.3 Å². The Morgan fingerprint density at radius 3 is 2.46 bits per heavy atom. The normalized spacial score (nSPS) is 23.6. The third-order valence-corrected chi connectivity index (χ3v) is 8.68. The molecule has 21 nitrogen and oxygen atoms in total. The zero-order chi connectivity index (χ0) is 39.8. The monoisotopic (exact) mass is 763 g/mol. The zero-order valence-electron chi connectivity index (χ0n) is 30.1. The number of hydroxylamine groups is 3. The Morgan fingerprint density at radius 1 is 1.07 bits per heavy atom. The number of para-hydroxylation sites is 1. The number of ether oxygens (including phenoxy) is 2. The van der Waals surface area contributed by atoms with E-state index in [1.165, 1.54) is 20.0 Å². The maximum absolute atomic E-state index is 14.1. The average molecular weight is 764 g/mol. The van der Waals surface area contributed by atoms with Crippen LogP contribution in [0.2, 0.25) is 0 Å². The van der Waals surface area contributed by atoms with Crippen molar-refractivity contribution in [3.8, 4) is 5.75 Å². The topological polar surface area (TPSA) is 304 Å². The molecule has 1 unspecified atom stereocenters. The van der Waals surface area contributed by atoms with Crippen LogP contribution in [0.5, 0.6) is 5.75 Å². The third kappa shape index (κ3) is 12.4. The molecular weight excluding hydrogens is 714 g/mol. The van der Waals surface area contributed by atoms with Crippen molar-refractivity contribution < 1.29 is 58.6 Å². The van der Waals surface area contributed by atoms with E-state index in [0.717, 1.165) is 4.90 Å². The fourth-order valence-corrected chi connectivity index (χ4v) is 5.67. The summed E-state index contributed by atoms with van der Waals surface area (Å²) < 4.78 is 11.1. The van der Waals surface area contributed by atoms with Gasteiger partial charge in [0.05, 0.1) is 12.1 Å². The highest BCUT2D eigenvalue weighted by atomic mass is 16.5. The summed E-state index contributed by atoms with van der Waals surface area (Å²) >= 11 is 0. The molecule has 1 saturated heterocycles. The van der Waals surface area contributed by atoms with E-state index >= 15 is 0 Å². The smallest absolute Gasteiger partial charge is 0.328 e. The molecular formula is C33H49N9O12. The number of hydrogen-bond donors (Lipinski definition) is 9. The maximum atomic E-state index is 14.1. The Kier molecular flexibility index (Phi) is 17.0. The number of benzene rings is 1. The first kappa shape index (κ1) is 43.0. The van der Waals surface area contributed by atoms with E-state index < -0.39 is 78.4 Å². The number of nitrogens with one attached hydrogen (secondary N) is 5. The summed E-state index contributed by atoms with van der Waals surface area (Å²) in [6, 6.07) is -0.213. The van der Waals surface area contributed by atoms with Crippen molar-refractivity contribution >= 4 is 47.8 Å². The molecule has 6 amide bonds. The van der Waals surface area contributed by atoms with Gasteiger partial charge in [-0.3, -0.25) is 34.0 Å².